The summed E-state index contributed by atoms with van der Waals surface area (Å²) in [7, 11) is 2.05. The lowest BCUT2D eigenvalue weighted by Crippen LogP contribution is -2.48. The minimum atomic E-state index is -0.0408. The fourth-order valence-corrected chi connectivity index (χ4v) is 2.31. The molecule has 0 aliphatic carbocycles. The second-order valence-corrected chi connectivity index (χ2v) is 5.65. The summed E-state index contributed by atoms with van der Waals surface area (Å²) in [6.45, 7) is 9.37. The van der Waals surface area contributed by atoms with E-state index in [1.165, 1.54) is 12.8 Å². The van der Waals surface area contributed by atoms with Crippen molar-refractivity contribution in [2.24, 2.45) is 5.92 Å². The predicted octanol–water partition coefficient (Wildman–Crippen LogP) is 1.22. The lowest BCUT2D eigenvalue weighted by molar-refractivity contribution is -0.126. The molecule has 3 atom stereocenters. The third-order valence-corrected chi connectivity index (χ3v) is 3.99. The van der Waals surface area contributed by atoms with E-state index in [-0.39, 0.29) is 18.0 Å². The molecule has 4 heteroatoms. The third-order valence-electron chi connectivity index (χ3n) is 3.99. The molecule has 1 heterocycles. The van der Waals surface area contributed by atoms with Crippen LogP contribution in [0.1, 0.15) is 40.0 Å². The normalized spacial score (nSPS) is 23.7. The molecule has 0 aromatic carbocycles. The number of amides is 1. The number of hydrogen-bond acceptors (Lipinski definition) is 3. The second-order valence-electron chi connectivity index (χ2n) is 5.65. The Morgan fingerprint density at radius 3 is 2.78 bits per heavy atom. The van der Waals surface area contributed by atoms with Gasteiger partial charge in [0.05, 0.1) is 6.04 Å². The van der Waals surface area contributed by atoms with Gasteiger partial charge in [0, 0.05) is 12.6 Å². The number of likely N-dealkylation sites (N-methyl/N-ethyl adjacent to an activating group) is 1. The maximum atomic E-state index is 12.0. The molecule has 1 aliphatic rings. The minimum absolute atomic E-state index is 0.0408. The van der Waals surface area contributed by atoms with Gasteiger partial charge in [-0.15, -0.1) is 0 Å². The van der Waals surface area contributed by atoms with Crippen LogP contribution in [-0.4, -0.2) is 49.6 Å². The van der Waals surface area contributed by atoms with Crippen molar-refractivity contribution in [3.05, 3.63) is 0 Å². The Kier molecular flexibility index (Phi) is 6.65. The van der Waals surface area contributed by atoms with Gasteiger partial charge in [-0.05, 0) is 59.2 Å². The number of carbonyl (C=O) groups excluding carboxylic acids is 1. The first-order chi connectivity index (χ1) is 8.54. The van der Waals surface area contributed by atoms with E-state index < -0.39 is 0 Å². The average Bonchev–Trinajstić information content (AvgIpc) is 2.38. The van der Waals surface area contributed by atoms with Crippen LogP contribution in [0, 0.1) is 5.92 Å². The molecule has 1 amide bonds. The van der Waals surface area contributed by atoms with Crippen molar-refractivity contribution < 1.29 is 4.79 Å². The number of carbonyl (C=O) groups is 1. The molecule has 1 aliphatic heterocycles. The molecule has 0 aromatic heterocycles. The van der Waals surface area contributed by atoms with Crippen molar-refractivity contribution >= 4 is 5.91 Å². The van der Waals surface area contributed by atoms with E-state index in [0.29, 0.717) is 5.92 Å². The Morgan fingerprint density at radius 2 is 2.22 bits per heavy atom. The minimum Gasteiger partial charge on any atom is -0.352 e. The highest BCUT2D eigenvalue weighted by Gasteiger charge is 2.22. The van der Waals surface area contributed by atoms with Crippen LogP contribution in [0.25, 0.3) is 0 Å². The molecule has 0 aromatic rings. The average molecular weight is 255 g/mol. The maximum Gasteiger partial charge on any atom is 0.237 e. The van der Waals surface area contributed by atoms with Crippen molar-refractivity contribution in [3.8, 4) is 0 Å². The number of rotatable bonds is 6. The van der Waals surface area contributed by atoms with Crippen molar-refractivity contribution in [1.82, 2.24) is 15.5 Å². The topological polar surface area (TPSA) is 44.4 Å². The summed E-state index contributed by atoms with van der Waals surface area (Å²) in [4.78, 5) is 14.2. The van der Waals surface area contributed by atoms with Gasteiger partial charge in [0.2, 0.25) is 5.91 Å². The molecular weight excluding hydrogens is 226 g/mol. The zero-order valence-electron chi connectivity index (χ0n) is 12.3. The molecule has 0 radical (unpaired) electrons. The molecule has 2 N–H and O–H groups in total. The smallest absolute Gasteiger partial charge is 0.237 e. The van der Waals surface area contributed by atoms with Crippen molar-refractivity contribution in [1.29, 1.82) is 0 Å². The van der Waals surface area contributed by atoms with Gasteiger partial charge in [-0.2, -0.15) is 0 Å². The van der Waals surface area contributed by atoms with Gasteiger partial charge in [-0.25, -0.2) is 0 Å². The summed E-state index contributed by atoms with van der Waals surface area (Å²) in [6, 6.07) is 0.227. The summed E-state index contributed by atoms with van der Waals surface area (Å²) < 4.78 is 0. The molecular formula is C14H29N3O. The number of hydrogen-bond donors (Lipinski definition) is 2. The Morgan fingerprint density at radius 1 is 1.50 bits per heavy atom. The van der Waals surface area contributed by atoms with Crippen LogP contribution in [0.3, 0.4) is 0 Å². The first-order valence-electron chi connectivity index (χ1n) is 7.26. The van der Waals surface area contributed by atoms with E-state index in [1.807, 2.05) is 6.92 Å². The fourth-order valence-electron chi connectivity index (χ4n) is 2.31. The van der Waals surface area contributed by atoms with Crippen LogP contribution in [-0.2, 0) is 4.79 Å². The first-order valence-corrected chi connectivity index (χ1v) is 7.26. The molecule has 106 valence electrons. The molecule has 18 heavy (non-hydrogen) atoms. The van der Waals surface area contributed by atoms with Gasteiger partial charge in [0.1, 0.15) is 0 Å². The van der Waals surface area contributed by atoms with E-state index in [4.69, 9.17) is 0 Å². The molecule has 0 saturated carbocycles. The van der Waals surface area contributed by atoms with Crippen molar-refractivity contribution in [2.45, 2.75) is 52.1 Å². The van der Waals surface area contributed by atoms with Crippen LogP contribution in [0.2, 0.25) is 0 Å². The molecule has 1 saturated heterocycles. The molecule has 1 rings (SSSR count). The van der Waals surface area contributed by atoms with Gasteiger partial charge in [0.15, 0.2) is 0 Å². The second kappa shape index (κ2) is 7.74. The van der Waals surface area contributed by atoms with Gasteiger partial charge in [0.25, 0.3) is 0 Å². The lowest BCUT2D eigenvalue weighted by Gasteiger charge is -2.31. The quantitative estimate of drug-likeness (QED) is 0.750. The fraction of sp³-hybridized carbons (Fsp3) is 0.929. The largest absolute Gasteiger partial charge is 0.352 e. The summed E-state index contributed by atoms with van der Waals surface area (Å²) in [5.74, 6) is 0.832. The van der Waals surface area contributed by atoms with Crippen LogP contribution < -0.4 is 10.6 Å². The van der Waals surface area contributed by atoms with Gasteiger partial charge in [-0.1, -0.05) is 6.92 Å². The van der Waals surface area contributed by atoms with Gasteiger partial charge < -0.3 is 10.6 Å². The molecule has 0 bridgehead atoms. The number of piperidine rings is 1. The maximum absolute atomic E-state index is 12.0. The van der Waals surface area contributed by atoms with E-state index in [9.17, 15) is 4.79 Å². The Bertz CT molecular complexity index is 251. The Hall–Kier alpha value is -0.610. The summed E-state index contributed by atoms with van der Waals surface area (Å²) in [5.41, 5.74) is 0. The molecule has 0 spiro atoms. The monoisotopic (exact) mass is 255 g/mol. The van der Waals surface area contributed by atoms with Gasteiger partial charge in [-0.3, -0.25) is 9.69 Å². The highest BCUT2D eigenvalue weighted by molar-refractivity contribution is 5.81. The summed E-state index contributed by atoms with van der Waals surface area (Å²) >= 11 is 0. The van der Waals surface area contributed by atoms with E-state index in [1.54, 1.807) is 0 Å². The summed E-state index contributed by atoms with van der Waals surface area (Å²) in [6.07, 6.45) is 3.51. The third kappa shape index (κ3) is 4.94. The lowest BCUT2D eigenvalue weighted by atomic mass is 9.98. The zero-order chi connectivity index (χ0) is 13.5. The van der Waals surface area contributed by atoms with Crippen molar-refractivity contribution in [3.63, 3.8) is 0 Å². The SMILES string of the molecule is CCC(C)NC(=O)C(C)N(C)CC1CCCNC1. The molecule has 4 nitrogen and oxygen atoms in total. The standard InChI is InChI=1S/C14H29N3O/c1-5-11(2)16-14(18)12(3)17(4)10-13-7-6-8-15-9-13/h11-13,15H,5-10H2,1-4H3,(H,16,18). The zero-order valence-corrected chi connectivity index (χ0v) is 12.3. The van der Waals surface area contributed by atoms with E-state index in [2.05, 4.69) is 36.4 Å². The molecule has 1 fully saturated rings. The van der Waals surface area contributed by atoms with E-state index in [0.717, 1.165) is 26.1 Å². The van der Waals surface area contributed by atoms with Crippen LogP contribution in [0.15, 0.2) is 0 Å². The Labute approximate surface area is 111 Å². The molecule has 3 unspecified atom stereocenters. The van der Waals surface area contributed by atoms with Crippen molar-refractivity contribution in [2.75, 3.05) is 26.7 Å². The highest BCUT2D eigenvalue weighted by atomic mass is 16.2. The first kappa shape index (κ1) is 15.4. The predicted molar refractivity (Wildman–Crippen MR) is 75.6 cm³/mol. The number of nitrogens with one attached hydrogen (secondary N) is 2. The summed E-state index contributed by atoms with van der Waals surface area (Å²) in [5, 5.41) is 6.47. The van der Waals surface area contributed by atoms with Crippen LogP contribution >= 0.6 is 0 Å². The van der Waals surface area contributed by atoms with Crippen LogP contribution in [0.4, 0.5) is 0 Å². The van der Waals surface area contributed by atoms with Crippen LogP contribution in [0.5, 0.6) is 0 Å². The Balaban J connectivity index is 2.34. The highest BCUT2D eigenvalue weighted by Crippen LogP contribution is 2.12. The number of nitrogens with zero attached hydrogens (tertiary/aromatic N) is 1. The van der Waals surface area contributed by atoms with Gasteiger partial charge >= 0.3 is 0 Å². The van der Waals surface area contributed by atoms with E-state index >= 15 is 0 Å².